The van der Waals surface area contributed by atoms with E-state index >= 15 is 0 Å². The fraction of sp³-hybridized carbons (Fsp3) is 0.368. The molecule has 0 saturated carbocycles. The summed E-state index contributed by atoms with van der Waals surface area (Å²) >= 11 is 0. The van der Waals surface area contributed by atoms with Crippen LogP contribution in [0.25, 0.3) is 0 Å². The van der Waals surface area contributed by atoms with Crippen LogP contribution in [0.4, 0.5) is 0 Å². The van der Waals surface area contributed by atoms with Crippen molar-refractivity contribution >= 4 is 0 Å². The standard InChI is InChI=1S/C19H24N2O3/c1-22-17-9-14-15(18(23-2)19(17)24-3)12-21(16(14)10-20)11-13-7-5-4-6-8-13/h4-9,16H,10-12,20H2,1-3H3. The van der Waals surface area contributed by atoms with Gasteiger partial charge in [0.2, 0.25) is 5.75 Å². The second-order valence-electron chi connectivity index (χ2n) is 5.86. The SMILES string of the molecule is COc1cc2c(c(OC)c1OC)CN(Cc1ccccc1)C2CN. The normalized spacial score (nSPS) is 16.8. The van der Waals surface area contributed by atoms with Gasteiger partial charge in [0.25, 0.3) is 0 Å². The largest absolute Gasteiger partial charge is 0.493 e. The van der Waals surface area contributed by atoms with Crippen molar-refractivity contribution in [3.05, 3.63) is 53.1 Å². The van der Waals surface area contributed by atoms with Gasteiger partial charge in [0, 0.05) is 31.2 Å². The van der Waals surface area contributed by atoms with Crippen molar-refractivity contribution in [1.29, 1.82) is 0 Å². The molecule has 0 spiro atoms. The monoisotopic (exact) mass is 328 g/mol. The maximum absolute atomic E-state index is 6.09. The summed E-state index contributed by atoms with van der Waals surface area (Å²) in [6.45, 7) is 2.15. The Morgan fingerprint density at radius 2 is 1.75 bits per heavy atom. The Hall–Kier alpha value is -2.24. The summed E-state index contributed by atoms with van der Waals surface area (Å²) < 4.78 is 16.6. The van der Waals surface area contributed by atoms with Gasteiger partial charge in [-0.2, -0.15) is 0 Å². The molecule has 5 nitrogen and oxygen atoms in total. The molecule has 2 aromatic carbocycles. The van der Waals surface area contributed by atoms with E-state index in [1.54, 1.807) is 21.3 Å². The van der Waals surface area contributed by atoms with Gasteiger partial charge in [0.15, 0.2) is 11.5 Å². The predicted molar refractivity (Wildman–Crippen MR) is 93.6 cm³/mol. The Morgan fingerprint density at radius 3 is 2.33 bits per heavy atom. The highest BCUT2D eigenvalue weighted by atomic mass is 16.5. The molecular weight excluding hydrogens is 304 g/mol. The lowest BCUT2D eigenvalue weighted by atomic mass is 10.0. The molecule has 1 heterocycles. The highest BCUT2D eigenvalue weighted by Crippen LogP contribution is 2.48. The first-order valence-electron chi connectivity index (χ1n) is 8.03. The van der Waals surface area contributed by atoms with Crippen LogP contribution in [0.3, 0.4) is 0 Å². The number of methoxy groups -OCH3 is 3. The van der Waals surface area contributed by atoms with Gasteiger partial charge in [-0.3, -0.25) is 4.90 Å². The molecule has 5 heteroatoms. The number of benzene rings is 2. The van der Waals surface area contributed by atoms with E-state index in [4.69, 9.17) is 19.9 Å². The minimum atomic E-state index is 0.133. The number of fused-ring (bicyclic) bond motifs is 1. The summed E-state index contributed by atoms with van der Waals surface area (Å²) in [5, 5.41) is 0. The van der Waals surface area contributed by atoms with E-state index in [1.165, 1.54) is 5.56 Å². The molecule has 0 bridgehead atoms. The van der Waals surface area contributed by atoms with Crippen molar-refractivity contribution in [3.8, 4) is 17.2 Å². The third-order valence-electron chi connectivity index (χ3n) is 4.58. The molecule has 0 saturated heterocycles. The Bertz CT molecular complexity index is 704. The van der Waals surface area contributed by atoms with Crippen LogP contribution in [-0.4, -0.2) is 32.8 Å². The number of rotatable bonds is 6. The highest BCUT2D eigenvalue weighted by Gasteiger charge is 2.34. The lowest BCUT2D eigenvalue weighted by molar-refractivity contribution is 0.210. The van der Waals surface area contributed by atoms with E-state index in [-0.39, 0.29) is 6.04 Å². The molecule has 0 radical (unpaired) electrons. The zero-order chi connectivity index (χ0) is 17.1. The second-order valence-corrected chi connectivity index (χ2v) is 5.86. The molecule has 1 atom stereocenters. The predicted octanol–water partition coefficient (Wildman–Crippen LogP) is 2.73. The molecule has 1 aliphatic heterocycles. The van der Waals surface area contributed by atoms with Crippen LogP contribution in [0, 0.1) is 0 Å². The first-order valence-corrected chi connectivity index (χ1v) is 8.03. The fourth-order valence-corrected chi connectivity index (χ4v) is 3.47. The first kappa shape index (κ1) is 16.6. The van der Waals surface area contributed by atoms with Gasteiger partial charge in [-0.25, -0.2) is 0 Å². The summed E-state index contributed by atoms with van der Waals surface area (Å²) in [5.41, 5.74) is 9.64. The van der Waals surface area contributed by atoms with Crippen molar-refractivity contribution < 1.29 is 14.2 Å². The van der Waals surface area contributed by atoms with E-state index in [0.29, 0.717) is 18.0 Å². The molecule has 0 aromatic heterocycles. The lowest BCUT2D eigenvalue weighted by Gasteiger charge is -2.23. The Morgan fingerprint density at radius 1 is 1.04 bits per heavy atom. The molecule has 2 N–H and O–H groups in total. The van der Waals surface area contributed by atoms with E-state index in [2.05, 4.69) is 29.2 Å². The van der Waals surface area contributed by atoms with Crippen LogP contribution in [0.1, 0.15) is 22.7 Å². The molecular formula is C19H24N2O3. The van der Waals surface area contributed by atoms with Gasteiger partial charge in [-0.15, -0.1) is 0 Å². The van der Waals surface area contributed by atoms with E-state index in [9.17, 15) is 0 Å². The van der Waals surface area contributed by atoms with E-state index < -0.39 is 0 Å². The maximum atomic E-state index is 6.09. The van der Waals surface area contributed by atoms with Crippen molar-refractivity contribution in [2.24, 2.45) is 5.73 Å². The van der Waals surface area contributed by atoms with Crippen molar-refractivity contribution in [2.45, 2.75) is 19.1 Å². The topological polar surface area (TPSA) is 57.0 Å². The summed E-state index contributed by atoms with van der Waals surface area (Å²) in [6.07, 6.45) is 0. The Balaban J connectivity index is 2.00. The zero-order valence-electron chi connectivity index (χ0n) is 14.4. The summed E-state index contributed by atoms with van der Waals surface area (Å²) in [6, 6.07) is 12.6. The zero-order valence-corrected chi connectivity index (χ0v) is 14.4. The van der Waals surface area contributed by atoms with Crippen LogP contribution in [-0.2, 0) is 13.1 Å². The van der Waals surface area contributed by atoms with Gasteiger partial charge < -0.3 is 19.9 Å². The van der Waals surface area contributed by atoms with Crippen LogP contribution in [0.2, 0.25) is 0 Å². The number of nitrogens with two attached hydrogens (primary N) is 1. The van der Waals surface area contributed by atoms with Gasteiger partial charge in [-0.05, 0) is 17.2 Å². The quantitative estimate of drug-likeness (QED) is 0.883. The van der Waals surface area contributed by atoms with Crippen molar-refractivity contribution in [2.75, 3.05) is 27.9 Å². The number of nitrogens with zero attached hydrogens (tertiary/aromatic N) is 1. The maximum Gasteiger partial charge on any atom is 0.203 e. The van der Waals surface area contributed by atoms with Crippen LogP contribution < -0.4 is 19.9 Å². The van der Waals surface area contributed by atoms with Crippen LogP contribution in [0.15, 0.2) is 36.4 Å². The lowest BCUT2D eigenvalue weighted by Crippen LogP contribution is -2.27. The number of ether oxygens (including phenoxy) is 3. The van der Waals surface area contributed by atoms with Gasteiger partial charge in [0.1, 0.15) is 0 Å². The molecule has 1 unspecified atom stereocenters. The Labute approximate surface area is 142 Å². The van der Waals surface area contributed by atoms with Gasteiger partial charge in [0.05, 0.1) is 21.3 Å². The van der Waals surface area contributed by atoms with Crippen LogP contribution >= 0.6 is 0 Å². The van der Waals surface area contributed by atoms with E-state index in [1.807, 2.05) is 12.1 Å². The third kappa shape index (κ3) is 2.81. The molecule has 0 fully saturated rings. The molecule has 1 aliphatic rings. The summed E-state index contributed by atoms with van der Waals surface area (Å²) in [7, 11) is 4.93. The smallest absolute Gasteiger partial charge is 0.203 e. The third-order valence-corrected chi connectivity index (χ3v) is 4.58. The molecule has 2 aromatic rings. The van der Waals surface area contributed by atoms with Crippen LogP contribution in [0.5, 0.6) is 17.2 Å². The molecule has 0 aliphatic carbocycles. The van der Waals surface area contributed by atoms with Gasteiger partial charge in [-0.1, -0.05) is 30.3 Å². The van der Waals surface area contributed by atoms with Crippen molar-refractivity contribution in [3.63, 3.8) is 0 Å². The molecule has 128 valence electrons. The minimum absolute atomic E-state index is 0.133. The molecule has 0 amide bonds. The Kier molecular flexibility index (Phi) is 4.92. The fourth-order valence-electron chi connectivity index (χ4n) is 3.47. The minimum Gasteiger partial charge on any atom is -0.493 e. The second kappa shape index (κ2) is 7.11. The summed E-state index contributed by atoms with van der Waals surface area (Å²) in [5.74, 6) is 2.05. The van der Waals surface area contributed by atoms with Gasteiger partial charge >= 0.3 is 0 Å². The molecule has 3 rings (SSSR count). The average molecular weight is 328 g/mol. The summed E-state index contributed by atoms with van der Waals surface area (Å²) in [4.78, 5) is 2.36. The number of hydrogen-bond donors (Lipinski definition) is 1. The molecule has 24 heavy (non-hydrogen) atoms. The first-order chi connectivity index (χ1) is 11.7. The number of hydrogen-bond acceptors (Lipinski definition) is 5. The van der Waals surface area contributed by atoms with E-state index in [0.717, 1.165) is 30.0 Å². The van der Waals surface area contributed by atoms with Crippen molar-refractivity contribution in [1.82, 2.24) is 4.90 Å². The average Bonchev–Trinajstić information content (AvgIpc) is 2.97. The highest BCUT2D eigenvalue weighted by molar-refractivity contribution is 5.61.